The largest absolute Gasteiger partial charge is 0.337 e. The molecule has 1 fully saturated rings. The number of hydrogen-bond donors (Lipinski definition) is 1. The molecule has 1 atom stereocenters. The van der Waals surface area contributed by atoms with Crippen LogP contribution in [0.15, 0.2) is 75.0 Å². The lowest BCUT2D eigenvalue weighted by molar-refractivity contribution is -0.130. The van der Waals surface area contributed by atoms with Crippen LogP contribution < -0.4 is 16.0 Å². The number of likely N-dealkylation sites (N-methyl/N-ethyl adjacent to an activating group) is 1. The van der Waals surface area contributed by atoms with Crippen LogP contribution in [0.4, 0.5) is 0 Å². The van der Waals surface area contributed by atoms with E-state index in [-0.39, 0.29) is 24.1 Å². The molecule has 13 heteroatoms. The SMILES string of the molecule is C=C(/C=C\C=C(/C)NS(=O)(=O)c1cn(C)c(=O)n(C)c1=O)[C@@H](CN1CCCC1)N(C)C(=O)Cc1ccc(Cl)c(Cl)c1. The van der Waals surface area contributed by atoms with Crippen molar-refractivity contribution in [3.05, 3.63) is 96.9 Å². The predicted molar refractivity (Wildman–Crippen MR) is 162 cm³/mol. The van der Waals surface area contributed by atoms with Gasteiger partial charge in [0.05, 0.1) is 22.5 Å². The lowest BCUT2D eigenvalue weighted by atomic mass is 10.0. The Bertz CT molecular complexity index is 1600. The molecule has 0 saturated carbocycles. The second-order valence-corrected chi connectivity index (χ2v) is 12.6. The summed E-state index contributed by atoms with van der Waals surface area (Å²) in [6.07, 6.45) is 8.21. The monoisotopic (exact) mass is 623 g/mol. The van der Waals surface area contributed by atoms with E-state index in [1.54, 1.807) is 42.3 Å². The van der Waals surface area contributed by atoms with Crippen molar-refractivity contribution in [2.75, 3.05) is 26.7 Å². The summed E-state index contributed by atoms with van der Waals surface area (Å²) in [5.41, 5.74) is 0.101. The molecular formula is C28H35Cl2N5O5S. The van der Waals surface area contributed by atoms with Gasteiger partial charge in [0.25, 0.3) is 15.6 Å². The second-order valence-electron chi connectivity index (χ2n) is 10.1. The molecule has 1 N–H and O–H groups in total. The highest BCUT2D eigenvalue weighted by Gasteiger charge is 2.26. The fraction of sp³-hybridized carbons (Fsp3) is 0.393. The number of sulfonamides is 1. The quantitative estimate of drug-likeness (QED) is 0.385. The smallest absolute Gasteiger partial charge is 0.330 e. The standard InChI is InChI=1S/C28H35Cl2N5O5S/c1-19(9-8-10-20(2)31-41(39,40)25-18-32(3)28(38)34(5)27(25)37)24(17-35-13-6-7-14-35)33(4)26(36)16-21-11-12-22(29)23(30)15-21/h8-12,15,18,24,31H,1,6-7,13-14,16-17H2,2-5H3/b9-8-,20-10+/t24-/m1/s1. The molecule has 0 aliphatic carbocycles. The van der Waals surface area contributed by atoms with Gasteiger partial charge in [0.15, 0.2) is 4.90 Å². The average Bonchev–Trinajstić information content (AvgIpc) is 3.42. The fourth-order valence-corrected chi connectivity index (χ4v) is 6.09. The van der Waals surface area contributed by atoms with Gasteiger partial charge in [-0.3, -0.25) is 18.9 Å². The Labute approximate surface area is 250 Å². The Balaban J connectivity index is 1.76. The maximum atomic E-state index is 13.2. The average molecular weight is 625 g/mol. The first kappa shape index (κ1) is 32.4. The number of benzene rings is 1. The highest BCUT2D eigenvalue weighted by molar-refractivity contribution is 7.89. The van der Waals surface area contributed by atoms with Crippen molar-refractivity contribution in [1.82, 2.24) is 23.7 Å². The zero-order valence-electron chi connectivity index (χ0n) is 23.6. The Kier molecular flexibility index (Phi) is 10.8. The third-order valence-corrected chi connectivity index (χ3v) is 9.10. The number of likely N-dealkylation sites (tertiary alicyclic amines) is 1. The number of hydrogen-bond acceptors (Lipinski definition) is 6. The Morgan fingerprint density at radius 3 is 2.46 bits per heavy atom. The van der Waals surface area contributed by atoms with Crippen molar-refractivity contribution < 1.29 is 13.2 Å². The zero-order valence-corrected chi connectivity index (χ0v) is 25.9. The van der Waals surface area contributed by atoms with E-state index in [9.17, 15) is 22.8 Å². The summed E-state index contributed by atoms with van der Waals surface area (Å²) < 4.78 is 29.8. The Morgan fingerprint density at radius 2 is 1.83 bits per heavy atom. The van der Waals surface area contributed by atoms with Gasteiger partial charge in [0.1, 0.15) is 0 Å². The molecule has 222 valence electrons. The van der Waals surface area contributed by atoms with E-state index < -0.39 is 26.2 Å². The van der Waals surface area contributed by atoms with Gasteiger partial charge < -0.3 is 14.4 Å². The van der Waals surface area contributed by atoms with E-state index in [2.05, 4.69) is 16.2 Å². The van der Waals surface area contributed by atoms with Crippen molar-refractivity contribution in [1.29, 1.82) is 0 Å². The first-order chi connectivity index (χ1) is 19.2. The molecule has 1 aliphatic heterocycles. The van der Waals surface area contributed by atoms with E-state index in [0.29, 0.717) is 22.2 Å². The van der Waals surface area contributed by atoms with E-state index in [4.69, 9.17) is 23.2 Å². The van der Waals surface area contributed by atoms with Gasteiger partial charge in [0.2, 0.25) is 5.91 Å². The molecule has 1 amide bonds. The van der Waals surface area contributed by atoms with Crippen LogP contribution in [0.5, 0.6) is 0 Å². The molecule has 0 bridgehead atoms. The molecule has 2 aromatic rings. The van der Waals surface area contributed by atoms with E-state index in [1.165, 1.54) is 27.1 Å². The number of aryl methyl sites for hydroxylation is 1. The fourth-order valence-electron chi connectivity index (χ4n) is 4.51. The van der Waals surface area contributed by atoms with Crippen LogP contribution in [0.2, 0.25) is 10.0 Å². The molecule has 1 saturated heterocycles. The maximum absolute atomic E-state index is 13.2. The van der Waals surface area contributed by atoms with E-state index in [1.807, 2.05) is 0 Å². The number of nitrogens with one attached hydrogen (secondary N) is 1. The molecule has 10 nitrogen and oxygen atoms in total. The number of allylic oxidation sites excluding steroid dienone is 3. The molecule has 41 heavy (non-hydrogen) atoms. The summed E-state index contributed by atoms with van der Waals surface area (Å²) in [5.74, 6) is -0.111. The Hall–Kier alpha value is -3.12. The number of carbonyl (C=O) groups is 1. The van der Waals surface area contributed by atoms with Crippen LogP contribution in [0, 0.1) is 0 Å². The van der Waals surface area contributed by atoms with Crippen LogP contribution in [0.3, 0.4) is 0 Å². The molecular weight excluding hydrogens is 589 g/mol. The van der Waals surface area contributed by atoms with Gasteiger partial charge in [-0.1, -0.05) is 48.0 Å². The molecule has 0 spiro atoms. The topological polar surface area (TPSA) is 114 Å². The van der Waals surface area contributed by atoms with E-state index >= 15 is 0 Å². The van der Waals surface area contributed by atoms with Crippen molar-refractivity contribution in [2.24, 2.45) is 14.1 Å². The number of nitrogens with zero attached hydrogens (tertiary/aromatic N) is 4. The number of rotatable bonds is 11. The maximum Gasteiger partial charge on any atom is 0.330 e. The van der Waals surface area contributed by atoms with Crippen molar-refractivity contribution in [3.63, 3.8) is 0 Å². The van der Waals surface area contributed by atoms with Gasteiger partial charge in [0, 0.05) is 39.6 Å². The van der Waals surface area contributed by atoms with Crippen LogP contribution in [0.1, 0.15) is 25.3 Å². The summed E-state index contributed by atoms with van der Waals surface area (Å²) in [6.45, 7) is 8.22. The second kappa shape index (κ2) is 13.7. The lowest BCUT2D eigenvalue weighted by Gasteiger charge is -2.32. The molecule has 0 unspecified atom stereocenters. The van der Waals surface area contributed by atoms with Gasteiger partial charge in [-0.05, 0) is 62.2 Å². The number of halogens is 2. The van der Waals surface area contributed by atoms with Gasteiger partial charge in [-0.2, -0.15) is 0 Å². The van der Waals surface area contributed by atoms with Gasteiger partial charge >= 0.3 is 5.69 Å². The molecule has 1 aliphatic rings. The summed E-state index contributed by atoms with van der Waals surface area (Å²) in [6, 6.07) is 4.79. The van der Waals surface area contributed by atoms with Crippen LogP contribution in [0.25, 0.3) is 0 Å². The third kappa shape index (κ3) is 8.22. The molecule has 2 heterocycles. The third-order valence-electron chi connectivity index (χ3n) is 6.91. The Morgan fingerprint density at radius 1 is 1.17 bits per heavy atom. The number of aromatic nitrogens is 2. The molecule has 0 radical (unpaired) electrons. The van der Waals surface area contributed by atoms with Gasteiger partial charge in [-0.15, -0.1) is 0 Å². The van der Waals surface area contributed by atoms with Crippen molar-refractivity contribution in [3.8, 4) is 0 Å². The normalized spacial score (nSPS) is 15.3. The lowest BCUT2D eigenvalue weighted by Crippen LogP contribution is -2.45. The van der Waals surface area contributed by atoms with Crippen LogP contribution in [-0.2, 0) is 35.3 Å². The minimum absolute atomic E-state index is 0.111. The first-order valence-corrected chi connectivity index (χ1v) is 15.2. The summed E-state index contributed by atoms with van der Waals surface area (Å²) in [7, 11) is 0.0766. The van der Waals surface area contributed by atoms with E-state index in [0.717, 1.165) is 46.8 Å². The summed E-state index contributed by atoms with van der Waals surface area (Å²) in [4.78, 5) is 40.9. The highest BCUT2D eigenvalue weighted by Crippen LogP contribution is 2.23. The number of amides is 1. The van der Waals surface area contributed by atoms with Crippen molar-refractivity contribution in [2.45, 2.75) is 37.1 Å². The highest BCUT2D eigenvalue weighted by atomic mass is 35.5. The molecule has 1 aromatic carbocycles. The number of carbonyl (C=O) groups excluding carboxylic acids is 1. The molecule has 1 aromatic heterocycles. The van der Waals surface area contributed by atoms with Crippen LogP contribution in [-0.4, -0.2) is 66.0 Å². The molecule has 3 rings (SSSR count). The minimum Gasteiger partial charge on any atom is -0.337 e. The van der Waals surface area contributed by atoms with Gasteiger partial charge in [-0.25, -0.2) is 13.2 Å². The first-order valence-electron chi connectivity index (χ1n) is 13.0. The van der Waals surface area contributed by atoms with Crippen LogP contribution >= 0.6 is 23.2 Å². The minimum atomic E-state index is -4.24. The summed E-state index contributed by atoms with van der Waals surface area (Å²) >= 11 is 12.1. The summed E-state index contributed by atoms with van der Waals surface area (Å²) in [5, 5.41) is 0.805. The zero-order chi connectivity index (χ0) is 30.5. The van der Waals surface area contributed by atoms with Crippen molar-refractivity contribution >= 4 is 39.1 Å². The predicted octanol–water partition coefficient (Wildman–Crippen LogP) is 2.85.